The summed E-state index contributed by atoms with van der Waals surface area (Å²) in [6, 6.07) is 7.57. The van der Waals surface area contributed by atoms with E-state index in [2.05, 4.69) is 31.4 Å². The third-order valence-electron chi connectivity index (χ3n) is 2.61. The van der Waals surface area contributed by atoms with E-state index in [1.807, 2.05) is 24.3 Å². The average Bonchev–Trinajstić information content (AvgIpc) is 2.16. The van der Waals surface area contributed by atoms with Gasteiger partial charge in [0, 0.05) is 11.1 Å². The first-order chi connectivity index (χ1) is 6.98. The standard InChI is InChI=1S/C12H16N2O/c1-12(2,3)11-13-9-7-5-4-6-8(9)10(15)14-11/h4-7,11,13H,1-3H3,(H,14,15). The van der Waals surface area contributed by atoms with Crippen LogP contribution in [0.2, 0.25) is 0 Å². The number of carbonyl (C=O) groups is 1. The van der Waals surface area contributed by atoms with Crippen molar-refractivity contribution in [1.29, 1.82) is 0 Å². The quantitative estimate of drug-likeness (QED) is 0.680. The van der Waals surface area contributed by atoms with Gasteiger partial charge in [0.15, 0.2) is 0 Å². The number of anilines is 1. The Kier molecular flexibility index (Phi) is 2.18. The van der Waals surface area contributed by atoms with Gasteiger partial charge in [0.05, 0.1) is 5.56 Å². The number of hydrogen-bond donors (Lipinski definition) is 2. The lowest BCUT2D eigenvalue weighted by molar-refractivity contribution is 0.0904. The molecule has 0 saturated heterocycles. The second kappa shape index (κ2) is 3.26. The van der Waals surface area contributed by atoms with Gasteiger partial charge in [0.2, 0.25) is 0 Å². The van der Waals surface area contributed by atoms with Crippen molar-refractivity contribution in [2.24, 2.45) is 5.41 Å². The van der Waals surface area contributed by atoms with Crippen molar-refractivity contribution >= 4 is 11.6 Å². The van der Waals surface area contributed by atoms with Crippen LogP contribution in [0.15, 0.2) is 24.3 Å². The molecule has 0 aliphatic carbocycles. The maximum Gasteiger partial charge on any atom is 0.254 e. The number of carbonyl (C=O) groups excluding carboxylic acids is 1. The first kappa shape index (κ1) is 10.0. The summed E-state index contributed by atoms with van der Waals surface area (Å²) in [7, 11) is 0. The van der Waals surface area contributed by atoms with Gasteiger partial charge in [-0.05, 0) is 12.1 Å². The fraction of sp³-hybridized carbons (Fsp3) is 0.417. The summed E-state index contributed by atoms with van der Waals surface area (Å²) in [5.74, 6) is 0.00396. The summed E-state index contributed by atoms with van der Waals surface area (Å²) in [4.78, 5) is 11.8. The number of rotatable bonds is 0. The van der Waals surface area contributed by atoms with E-state index in [-0.39, 0.29) is 17.5 Å². The van der Waals surface area contributed by atoms with Crippen LogP contribution in [0.3, 0.4) is 0 Å². The summed E-state index contributed by atoms with van der Waals surface area (Å²) in [5.41, 5.74) is 1.64. The Morgan fingerprint density at radius 3 is 2.47 bits per heavy atom. The Balaban J connectivity index is 2.35. The molecule has 2 rings (SSSR count). The van der Waals surface area contributed by atoms with Gasteiger partial charge >= 0.3 is 0 Å². The summed E-state index contributed by atoms with van der Waals surface area (Å²) >= 11 is 0. The normalized spacial score (nSPS) is 20.2. The minimum Gasteiger partial charge on any atom is -0.364 e. The van der Waals surface area contributed by atoms with Crippen LogP contribution < -0.4 is 10.6 Å². The molecule has 1 amide bonds. The number of hydrogen-bond acceptors (Lipinski definition) is 2. The van der Waals surface area contributed by atoms with Crippen molar-refractivity contribution in [1.82, 2.24) is 5.32 Å². The molecule has 0 spiro atoms. The first-order valence-electron chi connectivity index (χ1n) is 5.15. The average molecular weight is 204 g/mol. The van der Waals surface area contributed by atoms with Crippen molar-refractivity contribution in [2.75, 3.05) is 5.32 Å². The molecular formula is C12H16N2O. The predicted octanol–water partition coefficient (Wildman–Crippen LogP) is 2.21. The number of amides is 1. The summed E-state index contributed by atoms with van der Waals surface area (Å²) in [6.45, 7) is 6.29. The van der Waals surface area contributed by atoms with Crippen LogP contribution in [0, 0.1) is 5.41 Å². The minimum absolute atomic E-state index is 0.00317. The molecule has 0 aromatic heterocycles. The number of para-hydroxylation sites is 1. The largest absolute Gasteiger partial charge is 0.364 e. The van der Waals surface area contributed by atoms with Gasteiger partial charge in [-0.2, -0.15) is 0 Å². The molecule has 3 nitrogen and oxygen atoms in total. The van der Waals surface area contributed by atoms with Crippen LogP contribution >= 0.6 is 0 Å². The fourth-order valence-electron chi connectivity index (χ4n) is 1.64. The summed E-state index contributed by atoms with van der Waals surface area (Å²) in [6.07, 6.45) is -0.0140. The van der Waals surface area contributed by atoms with Crippen LogP contribution in [0.25, 0.3) is 0 Å². The Bertz CT molecular complexity index is 393. The second-order valence-corrected chi connectivity index (χ2v) is 4.96. The van der Waals surface area contributed by atoms with Gasteiger partial charge in [0.25, 0.3) is 5.91 Å². The molecule has 0 saturated carbocycles. The second-order valence-electron chi connectivity index (χ2n) is 4.96. The van der Waals surface area contributed by atoms with E-state index in [0.717, 1.165) is 11.3 Å². The molecule has 3 heteroatoms. The third kappa shape index (κ3) is 1.82. The molecule has 15 heavy (non-hydrogen) atoms. The van der Waals surface area contributed by atoms with Gasteiger partial charge in [-0.25, -0.2) is 0 Å². The minimum atomic E-state index is -0.0140. The zero-order chi connectivity index (χ0) is 11.1. The maximum absolute atomic E-state index is 11.8. The molecule has 80 valence electrons. The zero-order valence-electron chi connectivity index (χ0n) is 9.29. The highest BCUT2D eigenvalue weighted by Crippen LogP contribution is 2.27. The number of nitrogens with one attached hydrogen (secondary N) is 2. The first-order valence-corrected chi connectivity index (χ1v) is 5.15. The van der Waals surface area contributed by atoms with Crippen LogP contribution in [0.5, 0.6) is 0 Å². The lowest BCUT2D eigenvalue weighted by Gasteiger charge is -2.36. The molecule has 1 unspecified atom stereocenters. The van der Waals surface area contributed by atoms with E-state index in [1.54, 1.807) is 0 Å². The maximum atomic E-state index is 11.8. The molecule has 0 radical (unpaired) electrons. The molecule has 1 atom stereocenters. The topological polar surface area (TPSA) is 41.1 Å². The van der Waals surface area contributed by atoms with E-state index in [9.17, 15) is 4.79 Å². The van der Waals surface area contributed by atoms with Gasteiger partial charge < -0.3 is 10.6 Å². The molecule has 1 aliphatic rings. The molecule has 0 bridgehead atoms. The number of benzene rings is 1. The van der Waals surface area contributed by atoms with Gasteiger partial charge in [0.1, 0.15) is 6.17 Å². The predicted molar refractivity (Wildman–Crippen MR) is 60.8 cm³/mol. The Morgan fingerprint density at radius 1 is 1.13 bits per heavy atom. The lowest BCUT2D eigenvalue weighted by atomic mass is 9.90. The molecule has 1 aromatic rings. The Labute approximate surface area is 89.9 Å². The van der Waals surface area contributed by atoms with Crippen LogP contribution in [0.1, 0.15) is 31.1 Å². The van der Waals surface area contributed by atoms with Crippen LogP contribution in [-0.4, -0.2) is 12.1 Å². The molecular weight excluding hydrogens is 188 g/mol. The molecule has 1 aliphatic heterocycles. The van der Waals surface area contributed by atoms with E-state index in [4.69, 9.17) is 0 Å². The van der Waals surface area contributed by atoms with Gasteiger partial charge in [-0.3, -0.25) is 4.79 Å². The third-order valence-corrected chi connectivity index (χ3v) is 2.61. The van der Waals surface area contributed by atoms with Gasteiger partial charge in [-0.15, -0.1) is 0 Å². The SMILES string of the molecule is CC(C)(C)C1NC(=O)c2ccccc2N1. The van der Waals surface area contributed by atoms with Crippen molar-refractivity contribution in [3.8, 4) is 0 Å². The van der Waals surface area contributed by atoms with E-state index in [0.29, 0.717) is 0 Å². The highest BCUT2D eigenvalue weighted by molar-refractivity contribution is 6.01. The van der Waals surface area contributed by atoms with Crippen LogP contribution in [0.4, 0.5) is 5.69 Å². The molecule has 1 aromatic carbocycles. The highest BCUT2D eigenvalue weighted by atomic mass is 16.2. The molecule has 2 N–H and O–H groups in total. The highest BCUT2D eigenvalue weighted by Gasteiger charge is 2.31. The molecule has 0 fully saturated rings. The Morgan fingerprint density at radius 2 is 1.80 bits per heavy atom. The smallest absolute Gasteiger partial charge is 0.254 e. The lowest BCUT2D eigenvalue weighted by Crippen LogP contribution is -2.52. The number of fused-ring (bicyclic) bond motifs is 1. The summed E-state index contributed by atoms with van der Waals surface area (Å²) < 4.78 is 0. The van der Waals surface area contributed by atoms with Crippen LogP contribution in [-0.2, 0) is 0 Å². The van der Waals surface area contributed by atoms with Crippen molar-refractivity contribution in [2.45, 2.75) is 26.9 Å². The molecule has 1 heterocycles. The fourth-order valence-corrected chi connectivity index (χ4v) is 1.64. The van der Waals surface area contributed by atoms with E-state index >= 15 is 0 Å². The van der Waals surface area contributed by atoms with E-state index in [1.165, 1.54) is 0 Å². The van der Waals surface area contributed by atoms with E-state index < -0.39 is 0 Å². The van der Waals surface area contributed by atoms with Crippen molar-refractivity contribution in [3.05, 3.63) is 29.8 Å². The van der Waals surface area contributed by atoms with Crippen molar-refractivity contribution < 1.29 is 4.79 Å². The van der Waals surface area contributed by atoms with Crippen molar-refractivity contribution in [3.63, 3.8) is 0 Å². The Hall–Kier alpha value is -1.51. The summed E-state index contributed by atoms with van der Waals surface area (Å²) in [5, 5.41) is 6.30. The zero-order valence-corrected chi connectivity index (χ0v) is 9.29. The van der Waals surface area contributed by atoms with Gasteiger partial charge in [-0.1, -0.05) is 32.9 Å². The monoisotopic (exact) mass is 204 g/mol.